The van der Waals surface area contributed by atoms with Crippen molar-refractivity contribution in [3.8, 4) is 11.1 Å². The van der Waals surface area contributed by atoms with Gasteiger partial charge in [-0.25, -0.2) is 13.6 Å². The van der Waals surface area contributed by atoms with E-state index in [0.29, 0.717) is 0 Å². The van der Waals surface area contributed by atoms with Crippen LogP contribution in [0.1, 0.15) is 10.4 Å². The predicted molar refractivity (Wildman–Crippen MR) is 53.2 cm³/mol. The van der Waals surface area contributed by atoms with Crippen LogP contribution >= 0.6 is 0 Å². The van der Waals surface area contributed by atoms with Crippen molar-refractivity contribution in [1.82, 2.24) is 5.16 Å². The summed E-state index contributed by atoms with van der Waals surface area (Å²) in [5, 5.41) is 11.9. The van der Waals surface area contributed by atoms with Crippen LogP contribution in [0.4, 0.5) is 14.7 Å². The third-order valence-electron chi connectivity index (χ3n) is 2.17. The van der Waals surface area contributed by atoms with Crippen molar-refractivity contribution in [2.45, 2.75) is 0 Å². The minimum atomic E-state index is -1.68. The zero-order valence-electron chi connectivity index (χ0n) is 8.28. The highest BCUT2D eigenvalue weighted by atomic mass is 19.1. The van der Waals surface area contributed by atoms with Crippen molar-refractivity contribution in [3.05, 3.63) is 35.5 Å². The maximum atomic E-state index is 13.4. The van der Waals surface area contributed by atoms with Gasteiger partial charge in [0.25, 0.3) is 0 Å². The lowest BCUT2D eigenvalue weighted by Gasteiger charge is -2.03. The molecule has 0 aliphatic rings. The highest BCUT2D eigenvalue weighted by Crippen LogP contribution is 2.28. The van der Waals surface area contributed by atoms with E-state index in [1.807, 2.05) is 0 Å². The number of hydrogen-bond acceptors (Lipinski definition) is 4. The summed E-state index contributed by atoms with van der Waals surface area (Å²) in [6.45, 7) is 0. The van der Waals surface area contributed by atoms with E-state index < -0.39 is 23.2 Å². The third-order valence-corrected chi connectivity index (χ3v) is 2.17. The Balaban J connectivity index is 2.61. The predicted octanol–water partition coefficient (Wildman–Crippen LogP) is 1.90. The van der Waals surface area contributed by atoms with Gasteiger partial charge in [-0.2, -0.15) is 0 Å². The van der Waals surface area contributed by atoms with Gasteiger partial charge < -0.3 is 15.4 Å². The molecular formula is C10H6F2N2O3. The molecule has 5 nitrogen and oxygen atoms in total. The summed E-state index contributed by atoms with van der Waals surface area (Å²) < 4.78 is 31.3. The minimum Gasteiger partial charge on any atom is -0.477 e. The van der Waals surface area contributed by atoms with E-state index in [1.54, 1.807) is 0 Å². The molecule has 0 unspecified atom stereocenters. The zero-order chi connectivity index (χ0) is 12.6. The first kappa shape index (κ1) is 11.1. The first-order chi connectivity index (χ1) is 8.00. The number of carboxylic acids is 1. The molecule has 0 atom stereocenters. The second kappa shape index (κ2) is 3.85. The number of nitrogen functional groups attached to an aromatic ring is 1. The van der Waals surface area contributed by atoms with Crippen LogP contribution in [0.15, 0.2) is 22.9 Å². The average molecular weight is 240 g/mol. The topological polar surface area (TPSA) is 89.4 Å². The summed E-state index contributed by atoms with van der Waals surface area (Å²) >= 11 is 0. The van der Waals surface area contributed by atoms with E-state index >= 15 is 0 Å². The van der Waals surface area contributed by atoms with Crippen molar-refractivity contribution >= 4 is 11.9 Å². The fourth-order valence-corrected chi connectivity index (χ4v) is 1.40. The monoisotopic (exact) mass is 240 g/mol. The maximum Gasteiger partial charge on any atom is 0.341 e. The minimum absolute atomic E-state index is 0.0590. The molecule has 1 heterocycles. The summed E-state index contributed by atoms with van der Waals surface area (Å²) in [5.74, 6) is -4.15. The SMILES string of the molecule is Nc1oncc1-c1cc(F)c(C(=O)O)c(F)c1. The normalized spacial score (nSPS) is 10.5. The van der Waals surface area contributed by atoms with Crippen LogP contribution in [-0.4, -0.2) is 16.2 Å². The molecule has 0 amide bonds. The van der Waals surface area contributed by atoms with Gasteiger partial charge in [-0.1, -0.05) is 5.16 Å². The smallest absolute Gasteiger partial charge is 0.341 e. The number of carboxylic acid groups (broad SMARTS) is 1. The average Bonchev–Trinajstić information content (AvgIpc) is 2.62. The van der Waals surface area contributed by atoms with Gasteiger partial charge in [0.1, 0.15) is 17.2 Å². The summed E-state index contributed by atoms with van der Waals surface area (Å²) in [6, 6.07) is 1.71. The van der Waals surface area contributed by atoms with Crippen molar-refractivity contribution in [3.63, 3.8) is 0 Å². The Morgan fingerprint density at radius 3 is 2.35 bits per heavy atom. The molecule has 88 valence electrons. The molecule has 1 aromatic carbocycles. The van der Waals surface area contributed by atoms with Gasteiger partial charge >= 0.3 is 5.97 Å². The van der Waals surface area contributed by atoms with Gasteiger partial charge in [0.2, 0.25) is 5.88 Å². The Kier molecular flexibility index (Phi) is 2.51. The molecule has 2 rings (SSSR count). The third kappa shape index (κ3) is 1.82. The molecule has 0 aliphatic carbocycles. The van der Waals surface area contributed by atoms with Crippen LogP contribution < -0.4 is 5.73 Å². The first-order valence-electron chi connectivity index (χ1n) is 4.43. The molecule has 0 radical (unpaired) electrons. The van der Waals surface area contributed by atoms with Crippen LogP contribution in [0, 0.1) is 11.6 Å². The highest BCUT2D eigenvalue weighted by Gasteiger charge is 2.19. The Hall–Kier alpha value is -2.44. The molecule has 0 spiro atoms. The van der Waals surface area contributed by atoms with Crippen LogP contribution in [0.5, 0.6) is 0 Å². The number of rotatable bonds is 2. The molecule has 0 bridgehead atoms. The fourth-order valence-electron chi connectivity index (χ4n) is 1.40. The van der Waals surface area contributed by atoms with Gasteiger partial charge in [-0.05, 0) is 17.7 Å². The fraction of sp³-hybridized carbons (Fsp3) is 0. The van der Waals surface area contributed by atoms with Crippen molar-refractivity contribution in [2.24, 2.45) is 0 Å². The van der Waals surface area contributed by atoms with Crippen molar-refractivity contribution < 1.29 is 23.2 Å². The molecule has 0 aliphatic heterocycles. The van der Waals surface area contributed by atoms with Crippen LogP contribution in [0.25, 0.3) is 11.1 Å². The molecule has 3 N–H and O–H groups in total. The molecule has 7 heteroatoms. The quantitative estimate of drug-likeness (QED) is 0.836. The van der Waals surface area contributed by atoms with Crippen molar-refractivity contribution in [1.29, 1.82) is 0 Å². The van der Waals surface area contributed by atoms with E-state index in [1.165, 1.54) is 6.20 Å². The van der Waals surface area contributed by atoms with Gasteiger partial charge in [-0.15, -0.1) is 0 Å². The zero-order valence-corrected chi connectivity index (χ0v) is 8.28. The molecule has 0 saturated heterocycles. The number of halogens is 2. The van der Waals surface area contributed by atoms with Gasteiger partial charge in [0, 0.05) is 0 Å². The summed E-state index contributed by atoms with van der Waals surface area (Å²) in [5.41, 5.74) is 4.62. The number of carbonyl (C=O) groups is 1. The Labute approximate surface area is 93.4 Å². The number of aromatic carboxylic acids is 1. The Bertz CT molecular complexity index is 572. The molecular weight excluding hydrogens is 234 g/mol. The molecule has 2 aromatic rings. The van der Waals surface area contributed by atoms with Gasteiger partial charge in [0.05, 0.1) is 11.8 Å². The molecule has 1 aromatic heterocycles. The summed E-state index contributed by atoms with van der Waals surface area (Å²) in [6.07, 6.45) is 1.18. The highest BCUT2D eigenvalue weighted by molar-refractivity contribution is 5.89. The van der Waals surface area contributed by atoms with Crippen LogP contribution in [-0.2, 0) is 0 Å². The number of benzene rings is 1. The molecule has 0 saturated carbocycles. The lowest BCUT2D eigenvalue weighted by atomic mass is 10.1. The lowest BCUT2D eigenvalue weighted by Crippen LogP contribution is -2.04. The first-order valence-corrected chi connectivity index (χ1v) is 4.43. The van der Waals surface area contributed by atoms with E-state index in [2.05, 4.69) is 9.68 Å². The largest absolute Gasteiger partial charge is 0.477 e. The second-order valence-corrected chi connectivity index (χ2v) is 3.22. The number of hydrogen-bond donors (Lipinski definition) is 2. The number of anilines is 1. The van der Waals surface area contributed by atoms with Crippen LogP contribution in [0.2, 0.25) is 0 Å². The van der Waals surface area contributed by atoms with E-state index in [4.69, 9.17) is 10.8 Å². The number of nitrogens with two attached hydrogens (primary N) is 1. The Morgan fingerprint density at radius 1 is 1.35 bits per heavy atom. The number of nitrogens with zero attached hydrogens (tertiary/aromatic N) is 1. The summed E-state index contributed by atoms with van der Waals surface area (Å²) in [4.78, 5) is 10.6. The van der Waals surface area contributed by atoms with Crippen molar-refractivity contribution in [2.75, 3.05) is 5.73 Å². The van der Waals surface area contributed by atoms with E-state index in [-0.39, 0.29) is 17.0 Å². The molecule has 17 heavy (non-hydrogen) atoms. The maximum absolute atomic E-state index is 13.4. The van der Waals surface area contributed by atoms with Crippen LogP contribution in [0.3, 0.4) is 0 Å². The molecule has 0 fully saturated rings. The Morgan fingerprint density at radius 2 is 1.94 bits per heavy atom. The van der Waals surface area contributed by atoms with Gasteiger partial charge in [-0.3, -0.25) is 0 Å². The van der Waals surface area contributed by atoms with E-state index in [0.717, 1.165) is 12.1 Å². The van der Waals surface area contributed by atoms with Gasteiger partial charge in [0.15, 0.2) is 0 Å². The standard InChI is InChI=1S/C10H6F2N2O3/c11-6-1-4(5-3-14-17-9(5)13)2-7(12)8(6)10(15)16/h1-3H,13H2,(H,15,16). The second-order valence-electron chi connectivity index (χ2n) is 3.22. The van der Waals surface area contributed by atoms with E-state index in [9.17, 15) is 13.6 Å². The lowest BCUT2D eigenvalue weighted by molar-refractivity contribution is 0.0686. The summed E-state index contributed by atoms with van der Waals surface area (Å²) in [7, 11) is 0. The number of aromatic nitrogens is 1.